The molecule has 0 bridgehead atoms. The molecule has 0 aliphatic heterocycles. The Labute approximate surface area is 153 Å². The van der Waals surface area contributed by atoms with Gasteiger partial charge in [-0.05, 0) is 12.1 Å². The number of thiazole rings is 1. The second-order valence-electron chi connectivity index (χ2n) is 6.23. The van der Waals surface area contributed by atoms with Gasteiger partial charge in [-0.2, -0.15) is 0 Å². The number of carbonyl (C=O) groups excluding carboxylic acids is 1. The lowest BCUT2D eigenvalue weighted by Gasteiger charge is -2.14. The number of nitrogens with zero attached hydrogens (tertiary/aromatic N) is 4. The Morgan fingerprint density at radius 1 is 1.28 bits per heavy atom. The van der Waals surface area contributed by atoms with Crippen molar-refractivity contribution < 1.29 is 9.21 Å². The summed E-state index contributed by atoms with van der Waals surface area (Å²) in [5.41, 5.74) is 1.71. The summed E-state index contributed by atoms with van der Waals surface area (Å²) in [5.74, 6) is 0.408. The monoisotopic (exact) mass is 375 g/mol. The van der Waals surface area contributed by atoms with Crippen molar-refractivity contribution in [2.45, 2.75) is 31.4 Å². The average Bonchev–Trinajstić information content (AvgIpc) is 3.23. The minimum Gasteiger partial charge on any atom is -0.411 e. The number of hydrogen-bond acceptors (Lipinski definition) is 8. The lowest BCUT2D eigenvalue weighted by molar-refractivity contribution is -0.113. The number of anilines is 1. The number of nitrogens with one attached hydrogen (secondary N) is 1. The first-order valence-corrected chi connectivity index (χ1v) is 9.41. The Morgan fingerprint density at radius 3 is 2.72 bits per heavy atom. The van der Waals surface area contributed by atoms with Crippen molar-refractivity contribution in [1.29, 1.82) is 0 Å². The van der Waals surface area contributed by atoms with Crippen molar-refractivity contribution in [3.05, 3.63) is 35.6 Å². The number of aromatic nitrogens is 4. The Bertz CT molecular complexity index is 855. The summed E-state index contributed by atoms with van der Waals surface area (Å²) in [5, 5.41) is 13.6. The molecule has 1 amide bonds. The molecule has 0 radical (unpaired) electrons. The van der Waals surface area contributed by atoms with Gasteiger partial charge in [0.15, 0.2) is 5.13 Å². The quantitative estimate of drug-likeness (QED) is 0.681. The summed E-state index contributed by atoms with van der Waals surface area (Å²) < 4.78 is 5.54. The molecule has 25 heavy (non-hydrogen) atoms. The second kappa shape index (κ2) is 7.32. The number of hydrogen-bond donors (Lipinski definition) is 1. The summed E-state index contributed by atoms with van der Waals surface area (Å²) in [7, 11) is 0. The van der Waals surface area contributed by atoms with E-state index in [9.17, 15) is 4.79 Å². The first-order chi connectivity index (χ1) is 11.9. The van der Waals surface area contributed by atoms with Crippen LogP contribution < -0.4 is 5.32 Å². The maximum Gasteiger partial charge on any atom is 0.277 e. The highest BCUT2D eigenvalue weighted by atomic mass is 32.2. The summed E-state index contributed by atoms with van der Waals surface area (Å²) in [6, 6.07) is 3.56. The van der Waals surface area contributed by atoms with Crippen LogP contribution in [0.3, 0.4) is 0 Å². The third-order valence-electron chi connectivity index (χ3n) is 3.18. The molecule has 130 valence electrons. The fraction of sp³-hybridized carbons (Fsp3) is 0.312. The smallest absolute Gasteiger partial charge is 0.277 e. The van der Waals surface area contributed by atoms with Crippen LogP contribution in [0.25, 0.3) is 11.5 Å². The Hall–Kier alpha value is -2.26. The predicted molar refractivity (Wildman–Crippen MR) is 97.7 cm³/mol. The second-order valence-corrected chi connectivity index (χ2v) is 8.02. The van der Waals surface area contributed by atoms with Crippen molar-refractivity contribution in [2.75, 3.05) is 11.1 Å². The Balaban J connectivity index is 1.54. The van der Waals surface area contributed by atoms with Crippen molar-refractivity contribution in [3.8, 4) is 11.5 Å². The number of rotatable bonds is 5. The Morgan fingerprint density at radius 2 is 2.04 bits per heavy atom. The molecule has 3 rings (SSSR count). The van der Waals surface area contributed by atoms with E-state index >= 15 is 0 Å². The zero-order valence-corrected chi connectivity index (χ0v) is 15.6. The third kappa shape index (κ3) is 4.64. The molecule has 0 saturated heterocycles. The van der Waals surface area contributed by atoms with E-state index < -0.39 is 0 Å². The van der Waals surface area contributed by atoms with Gasteiger partial charge in [-0.1, -0.05) is 32.5 Å². The van der Waals surface area contributed by atoms with Gasteiger partial charge in [-0.15, -0.1) is 21.5 Å². The molecule has 0 aliphatic carbocycles. The molecule has 0 aromatic carbocycles. The van der Waals surface area contributed by atoms with E-state index in [1.165, 1.54) is 23.1 Å². The van der Waals surface area contributed by atoms with Crippen LogP contribution in [0.4, 0.5) is 5.13 Å². The highest BCUT2D eigenvalue weighted by molar-refractivity contribution is 7.99. The molecule has 0 spiro atoms. The summed E-state index contributed by atoms with van der Waals surface area (Å²) in [6.45, 7) is 6.25. The van der Waals surface area contributed by atoms with Gasteiger partial charge in [-0.3, -0.25) is 9.78 Å². The van der Waals surface area contributed by atoms with Gasteiger partial charge in [0, 0.05) is 28.8 Å². The predicted octanol–water partition coefficient (Wildman–Crippen LogP) is 3.62. The number of amides is 1. The molecule has 0 atom stereocenters. The summed E-state index contributed by atoms with van der Waals surface area (Å²) >= 11 is 2.60. The van der Waals surface area contributed by atoms with Crippen molar-refractivity contribution >= 4 is 34.1 Å². The highest BCUT2D eigenvalue weighted by Crippen LogP contribution is 2.27. The fourth-order valence-electron chi connectivity index (χ4n) is 1.84. The van der Waals surface area contributed by atoms with Gasteiger partial charge < -0.3 is 9.73 Å². The van der Waals surface area contributed by atoms with Crippen LogP contribution in [0.2, 0.25) is 0 Å². The van der Waals surface area contributed by atoms with Gasteiger partial charge in [0.25, 0.3) is 5.22 Å². The van der Waals surface area contributed by atoms with Gasteiger partial charge in [0.2, 0.25) is 11.8 Å². The van der Waals surface area contributed by atoms with Crippen molar-refractivity contribution in [1.82, 2.24) is 20.2 Å². The molecule has 1 N–H and O–H groups in total. The van der Waals surface area contributed by atoms with E-state index in [4.69, 9.17) is 4.42 Å². The largest absolute Gasteiger partial charge is 0.411 e. The standard InChI is InChI=1S/C16H17N5O2S2/c1-16(2,3)11-8-24-14(18-11)19-12(22)9-25-15-21-20-13(23-15)10-4-6-17-7-5-10/h4-8H,9H2,1-3H3,(H,18,19,22). The molecule has 0 fully saturated rings. The van der Waals surface area contributed by atoms with Crippen molar-refractivity contribution in [3.63, 3.8) is 0 Å². The summed E-state index contributed by atoms with van der Waals surface area (Å²) in [4.78, 5) is 20.4. The first kappa shape index (κ1) is 17.6. The number of thioether (sulfide) groups is 1. The van der Waals surface area contributed by atoms with Crippen LogP contribution in [-0.4, -0.2) is 31.8 Å². The number of pyridine rings is 1. The van der Waals surface area contributed by atoms with Crippen LogP contribution in [-0.2, 0) is 10.2 Å². The molecular formula is C16H17N5O2S2. The lowest BCUT2D eigenvalue weighted by Crippen LogP contribution is -2.15. The topological polar surface area (TPSA) is 93.8 Å². The molecule has 3 aromatic rings. The maximum atomic E-state index is 12.1. The zero-order valence-electron chi connectivity index (χ0n) is 14.0. The average molecular weight is 375 g/mol. The van der Waals surface area contributed by atoms with Crippen LogP contribution in [0, 0.1) is 0 Å². The third-order valence-corrected chi connectivity index (χ3v) is 4.76. The highest BCUT2D eigenvalue weighted by Gasteiger charge is 2.18. The Kier molecular flexibility index (Phi) is 5.14. The minimum absolute atomic E-state index is 0.0403. The number of carbonyl (C=O) groups is 1. The molecule has 0 unspecified atom stereocenters. The van der Waals surface area contributed by atoms with Crippen LogP contribution >= 0.6 is 23.1 Å². The van der Waals surface area contributed by atoms with Gasteiger partial charge >= 0.3 is 0 Å². The molecule has 9 heteroatoms. The van der Waals surface area contributed by atoms with E-state index in [0.717, 1.165) is 11.3 Å². The van der Waals surface area contributed by atoms with Crippen LogP contribution in [0.15, 0.2) is 39.5 Å². The summed E-state index contributed by atoms with van der Waals surface area (Å²) in [6.07, 6.45) is 3.30. The van der Waals surface area contributed by atoms with Gasteiger partial charge in [-0.25, -0.2) is 4.98 Å². The van der Waals surface area contributed by atoms with E-state index in [1.54, 1.807) is 24.5 Å². The van der Waals surface area contributed by atoms with Gasteiger partial charge in [0.1, 0.15) is 0 Å². The molecule has 3 heterocycles. The molecule has 0 aliphatic rings. The first-order valence-electron chi connectivity index (χ1n) is 7.54. The normalized spacial score (nSPS) is 11.5. The lowest BCUT2D eigenvalue weighted by atomic mass is 9.93. The maximum absolute atomic E-state index is 12.1. The molecular weight excluding hydrogens is 358 g/mol. The van der Waals surface area contributed by atoms with E-state index in [2.05, 4.69) is 46.3 Å². The van der Waals surface area contributed by atoms with Crippen LogP contribution in [0.5, 0.6) is 0 Å². The zero-order chi connectivity index (χ0) is 17.9. The van der Waals surface area contributed by atoms with E-state index in [0.29, 0.717) is 16.2 Å². The van der Waals surface area contributed by atoms with Crippen LogP contribution in [0.1, 0.15) is 26.5 Å². The minimum atomic E-state index is -0.163. The van der Waals surface area contributed by atoms with Crippen molar-refractivity contribution in [2.24, 2.45) is 0 Å². The van der Waals surface area contributed by atoms with E-state index in [1.807, 2.05) is 5.38 Å². The van der Waals surface area contributed by atoms with Gasteiger partial charge in [0.05, 0.1) is 11.4 Å². The molecule has 3 aromatic heterocycles. The van der Waals surface area contributed by atoms with E-state index in [-0.39, 0.29) is 17.1 Å². The SMILES string of the molecule is CC(C)(C)c1csc(NC(=O)CSc2nnc(-c3ccncc3)o2)n1. The molecule has 0 saturated carbocycles. The fourth-order valence-corrected chi connectivity index (χ4v) is 3.35. The molecule has 7 nitrogen and oxygen atoms in total.